The number of fused-ring (bicyclic) bond motifs is 1. The van der Waals surface area contributed by atoms with E-state index in [1.165, 1.54) is 4.90 Å². The Morgan fingerprint density at radius 1 is 1.12 bits per heavy atom. The molecular weight excluding hydrogens is 326 g/mol. The molecule has 6 nitrogen and oxygen atoms in total. The third-order valence-electron chi connectivity index (χ3n) is 3.99. The van der Waals surface area contributed by atoms with Crippen LogP contribution >= 0.6 is 0 Å². The second-order valence-electron chi connectivity index (χ2n) is 5.81. The average molecular weight is 345 g/mol. The maximum atomic E-state index is 12.6. The fourth-order valence-electron chi connectivity index (χ4n) is 2.63. The maximum Gasteiger partial charge on any atom is 0.228 e. The summed E-state index contributed by atoms with van der Waals surface area (Å²) in [4.78, 5) is 3.42. The van der Waals surface area contributed by atoms with Gasteiger partial charge in [0, 0.05) is 19.8 Å². The summed E-state index contributed by atoms with van der Waals surface area (Å²) in [6.07, 6.45) is 0. The first kappa shape index (κ1) is 16.2. The summed E-state index contributed by atoms with van der Waals surface area (Å²) in [6.45, 7) is 0.317. The van der Waals surface area contributed by atoms with E-state index in [-0.39, 0.29) is 4.90 Å². The van der Waals surface area contributed by atoms with Gasteiger partial charge >= 0.3 is 0 Å². The van der Waals surface area contributed by atoms with Crippen LogP contribution < -0.4 is 15.5 Å². The molecule has 24 heavy (non-hydrogen) atoms. The third-order valence-corrected chi connectivity index (χ3v) is 5.66. The van der Waals surface area contributed by atoms with Gasteiger partial charge in [0.05, 0.1) is 17.1 Å². The van der Waals surface area contributed by atoms with Crippen LogP contribution in [-0.2, 0) is 16.4 Å². The van der Waals surface area contributed by atoms with Crippen LogP contribution in [0.3, 0.4) is 0 Å². The molecule has 3 N–H and O–H groups in total. The monoisotopic (exact) mass is 345 g/mol. The fourth-order valence-corrected chi connectivity index (χ4v) is 3.95. The molecule has 7 heteroatoms. The van der Waals surface area contributed by atoms with E-state index >= 15 is 0 Å². The van der Waals surface area contributed by atoms with E-state index in [0.29, 0.717) is 12.2 Å². The molecule has 0 fully saturated rings. The molecule has 1 aliphatic rings. The lowest BCUT2D eigenvalue weighted by atomic mass is 10.2. The van der Waals surface area contributed by atoms with Crippen LogP contribution in [0.4, 0.5) is 11.4 Å². The number of nitrogens with two attached hydrogens (primary N) is 1. The molecule has 0 atom stereocenters. The normalized spacial score (nSPS) is 16.0. The topological polar surface area (TPSA) is 86.9 Å². The van der Waals surface area contributed by atoms with E-state index in [0.717, 1.165) is 11.3 Å². The molecule has 0 bridgehead atoms. The van der Waals surface area contributed by atoms with Crippen molar-refractivity contribution < 1.29 is 13.5 Å². The highest BCUT2D eigenvalue weighted by atomic mass is 32.2. The van der Waals surface area contributed by atoms with Gasteiger partial charge < -0.3 is 20.6 Å². The van der Waals surface area contributed by atoms with Crippen molar-refractivity contribution in [3.05, 3.63) is 65.0 Å². The van der Waals surface area contributed by atoms with E-state index in [1.807, 2.05) is 49.3 Å². The molecule has 126 valence electrons. The molecule has 0 aromatic heterocycles. The lowest BCUT2D eigenvalue weighted by Crippen LogP contribution is -2.33. The van der Waals surface area contributed by atoms with Gasteiger partial charge in [-0.15, -0.1) is 0 Å². The van der Waals surface area contributed by atoms with Crippen LogP contribution in [-0.4, -0.2) is 27.6 Å². The first-order valence-electron chi connectivity index (χ1n) is 7.39. The van der Waals surface area contributed by atoms with Gasteiger partial charge in [-0.25, -0.2) is 8.42 Å². The van der Waals surface area contributed by atoms with Gasteiger partial charge in [-0.2, -0.15) is 0 Å². The SMILES string of the molecule is CN(C)c1ccc2c(c1)S(=O)(=O)C(N)=C(O)N2Cc1ccccc1. The molecule has 2 aromatic rings. The summed E-state index contributed by atoms with van der Waals surface area (Å²) in [5.74, 6) is -0.441. The van der Waals surface area contributed by atoms with Crippen molar-refractivity contribution in [1.29, 1.82) is 0 Å². The van der Waals surface area contributed by atoms with Crippen LogP contribution in [0.1, 0.15) is 5.56 Å². The number of hydrogen-bond acceptors (Lipinski definition) is 6. The number of hydrogen-bond donors (Lipinski definition) is 2. The minimum Gasteiger partial charge on any atom is -0.492 e. The second kappa shape index (κ2) is 5.76. The van der Waals surface area contributed by atoms with Gasteiger partial charge in [0.1, 0.15) is 0 Å². The van der Waals surface area contributed by atoms with E-state index in [9.17, 15) is 13.5 Å². The Bertz CT molecular complexity index is 906. The Labute approximate surface area is 141 Å². The molecule has 0 radical (unpaired) electrons. The highest BCUT2D eigenvalue weighted by Gasteiger charge is 2.35. The van der Waals surface area contributed by atoms with Gasteiger partial charge in [-0.3, -0.25) is 0 Å². The molecule has 0 saturated carbocycles. The molecule has 3 rings (SSSR count). The maximum absolute atomic E-state index is 12.6. The van der Waals surface area contributed by atoms with Crippen molar-refractivity contribution in [3.8, 4) is 0 Å². The van der Waals surface area contributed by atoms with Gasteiger partial charge in [-0.05, 0) is 23.8 Å². The van der Waals surface area contributed by atoms with E-state index in [2.05, 4.69) is 0 Å². The fraction of sp³-hybridized carbons (Fsp3) is 0.176. The predicted octanol–water partition coefficient (Wildman–Crippen LogP) is 2.19. The first-order valence-corrected chi connectivity index (χ1v) is 8.87. The zero-order valence-corrected chi connectivity index (χ0v) is 14.3. The molecule has 1 heterocycles. The number of anilines is 2. The first-order chi connectivity index (χ1) is 11.3. The van der Waals surface area contributed by atoms with E-state index in [4.69, 9.17) is 5.73 Å². The van der Waals surface area contributed by atoms with Gasteiger partial charge in [0.25, 0.3) is 0 Å². The highest BCUT2D eigenvalue weighted by Crippen LogP contribution is 2.39. The minimum atomic E-state index is -3.91. The number of rotatable bonds is 3. The van der Waals surface area contributed by atoms with E-state index in [1.54, 1.807) is 18.2 Å². The van der Waals surface area contributed by atoms with Crippen LogP contribution in [0, 0.1) is 0 Å². The van der Waals surface area contributed by atoms with Gasteiger partial charge in [0.15, 0.2) is 5.03 Å². The molecule has 2 aromatic carbocycles. The van der Waals surface area contributed by atoms with Crippen molar-refractivity contribution in [2.24, 2.45) is 5.73 Å². The van der Waals surface area contributed by atoms with Crippen LogP contribution in [0.5, 0.6) is 0 Å². The summed E-state index contributed by atoms with van der Waals surface area (Å²) in [6, 6.07) is 14.5. The second-order valence-corrected chi connectivity index (χ2v) is 7.70. The molecule has 1 aliphatic heterocycles. The summed E-state index contributed by atoms with van der Waals surface area (Å²) in [5.41, 5.74) is 7.81. The standard InChI is InChI=1S/C17H19N3O3S/c1-19(2)13-8-9-14-15(10-13)24(22,23)16(18)17(21)20(14)11-12-6-4-3-5-7-12/h3-10,21H,11,18H2,1-2H3. The Kier molecular flexibility index (Phi) is 3.88. The number of benzene rings is 2. The van der Waals surface area contributed by atoms with Crippen LogP contribution in [0.15, 0.2) is 64.3 Å². The number of aliphatic hydroxyl groups excluding tert-OH is 1. The van der Waals surface area contributed by atoms with E-state index < -0.39 is 20.7 Å². The Hall–Kier alpha value is -2.67. The molecule has 0 unspecified atom stereocenters. The van der Waals surface area contributed by atoms with Crippen molar-refractivity contribution in [3.63, 3.8) is 0 Å². The van der Waals surface area contributed by atoms with Crippen molar-refractivity contribution in [2.45, 2.75) is 11.4 Å². The van der Waals surface area contributed by atoms with Gasteiger partial charge in [0.2, 0.25) is 15.7 Å². The van der Waals surface area contributed by atoms with Crippen LogP contribution in [0.25, 0.3) is 0 Å². The lowest BCUT2D eigenvalue weighted by molar-refractivity contribution is 0.381. The molecule has 0 aliphatic carbocycles. The molecular formula is C17H19N3O3S. The predicted molar refractivity (Wildman–Crippen MR) is 94.4 cm³/mol. The summed E-state index contributed by atoms with van der Waals surface area (Å²) in [7, 11) is -0.254. The number of sulfone groups is 1. The Morgan fingerprint density at radius 3 is 2.42 bits per heavy atom. The van der Waals surface area contributed by atoms with Gasteiger partial charge in [-0.1, -0.05) is 30.3 Å². The Balaban J connectivity index is 2.16. The van der Waals surface area contributed by atoms with Crippen molar-refractivity contribution in [1.82, 2.24) is 0 Å². The smallest absolute Gasteiger partial charge is 0.228 e. The summed E-state index contributed by atoms with van der Waals surface area (Å²) < 4.78 is 25.2. The largest absolute Gasteiger partial charge is 0.492 e. The number of aliphatic hydroxyl groups is 1. The zero-order chi connectivity index (χ0) is 17.5. The minimum absolute atomic E-state index is 0.0972. The highest BCUT2D eigenvalue weighted by molar-refractivity contribution is 7.95. The summed E-state index contributed by atoms with van der Waals surface area (Å²) >= 11 is 0. The zero-order valence-electron chi connectivity index (χ0n) is 13.5. The summed E-state index contributed by atoms with van der Waals surface area (Å²) in [5, 5.41) is 9.82. The number of nitrogens with zero attached hydrogens (tertiary/aromatic N) is 2. The quantitative estimate of drug-likeness (QED) is 0.887. The lowest BCUT2D eigenvalue weighted by Gasteiger charge is -2.31. The average Bonchev–Trinajstić information content (AvgIpc) is 2.57. The van der Waals surface area contributed by atoms with Crippen molar-refractivity contribution in [2.75, 3.05) is 23.9 Å². The van der Waals surface area contributed by atoms with Crippen molar-refractivity contribution >= 4 is 21.2 Å². The van der Waals surface area contributed by atoms with Crippen LogP contribution in [0.2, 0.25) is 0 Å². The Morgan fingerprint density at radius 2 is 1.79 bits per heavy atom. The molecule has 0 spiro atoms. The third kappa shape index (κ3) is 2.56. The molecule has 0 amide bonds. The molecule has 0 saturated heterocycles.